The van der Waals surface area contributed by atoms with Crippen LogP contribution in [0, 0.1) is 0 Å². The number of rotatable bonds is 4. The average Bonchev–Trinajstić information content (AvgIpc) is 2.98. The molecule has 0 amide bonds. The Morgan fingerprint density at radius 3 is 2.55 bits per heavy atom. The Hall–Kier alpha value is -1.52. The van der Waals surface area contributed by atoms with Gasteiger partial charge in [-0.05, 0) is 12.1 Å². The van der Waals surface area contributed by atoms with E-state index >= 15 is 0 Å². The monoisotopic (exact) mass is 319 g/mol. The molecule has 1 fully saturated rings. The number of para-hydroxylation sites is 1. The molecule has 0 saturated carbocycles. The first-order chi connectivity index (χ1) is 10.6. The molecule has 1 aliphatic rings. The zero-order valence-electron chi connectivity index (χ0n) is 13.1. The highest BCUT2D eigenvalue weighted by atomic mass is 35.5. The van der Waals surface area contributed by atoms with Crippen molar-refractivity contribution in [3.8, 4) is 0 Å². The molecule has 22 heavy (non-hydrogen) atoms. The molecule has 0 radical (unpaired) electrons. The zero-order valence-corrected chi connectivity index (χ0v) is 13.9. The maximum Gasteiger partial charge on any atom is 0.196 e. The second kappa shape index (κ2) is 6.71. The number of benzene rings is 1. The lowest BCUT2D eigenvalue weighted by Gasteiger charge is -2.36. The molecule has 0 atom stereocenters. The molecule has 1 aromatic carbocycles. The van der Waals surface area contributed by atoms with Crippen LogP contribution in [0.2, 0.25) is 5.02 Å². The van der Waals surface area contributed by atoms with Crippen LogP contribution >= 0.6 is 11.6 Å². The predicted molar refractivity (Wildman–Crippen MR) is 89.5 cm³/mol. The number of piperazine rings is 1. The average molecular weight is 320 g/mol. The molecule has 118 valence electrons. The van der Waals surface area contributed by atoms with E-state index in [0.29, 0.717) is 5.92 Å². The van der Waals surface area contributed by atoms with E-state index in [9.17, 15) is 0 Å². The second-order valence-electron chi connectivity index (χ2n) is 6.05. The van der Waals surface area contributed by atoms with Gasteiger partial charge in [0.15, 0.2) is 5.89 Å². The normalized spacial score (nSPS) is 16.5. The van der Waals surface area contributed by atoms with Crippen molar-refractivity contribution in [1.82, 2.24) is 9.88 Å². The predicted octanol–water partition coefficient (Wildman–Crippen LogP) is 3.77. The van der Waals surface area contributed by atoms with Gasteiger partial charge in [-0.15, -0.1) is 0 Å². The minimum absolute atomic E-state index is 0.339. The SMILES string of the molecule is CC(C)c1nc(CN2CCN(c3ccccc3Cl)CC2)co1. The summed E-state index contributed by atoms with van der Waals surface area (Å²) in [4.78, 5) is 9.31. The quantitative estimate of drug-likeness (QED) is 0.858. The fraction of sp³-hybridized carbons (Fsp3) is 0.471. The van der Waals surface area contributed by atoms with Gasteiger partial charge in [-0.1, -0.05) is 37.6 Å². The van der Waals surface area contributed by atoms with E-state index in [0.717, 1.165) is 55.0 Å². The molecule has 5 heteroatoms. The van der Waals surface area contributed by atoms with Gasteiger partial charge in [0.2, 0.25) is 0 Å². The van der Waals surface area contributed by atoms with Gasteiger partial charge in [0.25, 0.3) is 0 Å². The van der Waals surface area contributed by atoms with E-state index < -0.39 is 0 Å². The largest absolute Gasteiger partial charge is 0.448 e. The van der Waals surface area contributed by atoms with E-state index in [2.05, 4.69) is 34.7 Å². The number of hydrogen-bond donors (Lipinski definition) is 0. The molecule has 2 heterocycles. The number of oxazole rings is 1. The van der Waals surface area contributed by atoms with Gasteiger partial charge in [-0.25, -0.2) is 4.98 Å². The summed E-state index contributed by atoms with van der Waals surface area (Å²) >= 11 is 6.28. The third-order valence-corrected chi connectivity index (χ3v) is 4.33. The molecule has 0 aliphatic carbocycles. The molecular formula is C17H22ClN3O. The summed E-state index contributed by atoms with van der Waals surface area (Å²) < 4.78 is 5.51. The highest BCUT2D eigenvalue weighted by molar-refractivity contribution is 6.33. The Labute approximate surface area is 136 Å². The van der Waals surface area contributed by atoms with Crippen LogP contribution in [-0.2, 0) is 6.54 Å². The van der Waals surface area contributed by atoms with Crippen LogP contribution in [0.5, 0.6) is 0 Å². The van der Waals surface area contributed by atoms with Crippen molar-refractivity contribution < 1.29 is 4.42 Å². The van der Waals surface area contributed by atoms with Crippen LogP contribution in [0.15, 0.2) is 34.9 Å². The van der Waals surface area contributed by atoms with E-state index in [1.807, 2.05) is 18.2 Å². The van der Waals surface area contributed by atoms with Crippen molar-refractivity contribution in [2.45, 2.75) is 26.3 Å². The lowest BCUT2D eigenvalue weighted by molar-refractivity contribution is 0.247. The van der Waals surface area contributed by atoms with E-state index in [4.69, 9.17) is 16.0 Å². The summed E-state index contributed by atoms with van der Waals surface area (Å²) in [6.45, 7) is 9.03. The smallest absolute Gasteiger partial charge is 0.196 e. The summed E-state index contributed by atoms with van der Waals surface area (Å²) in [6, 6.07) is 8.05. The molecule has 0 spiro atoms. The van der Waals surface area contributed by atoms with Crippen molar-refractivity contribution in [3.05, 3.63) is 47.1 Å². The molecular weight excluding hydrogens is 298 g/mol. The molecule has 0 bridgehead atoms. The number of aromatic nitrogens is 1. The second-order valence-corrected chi connectivity index (χ2v) is 6.45. The van der Waals surface area contributed by atoms with Crippen LogP contribution in [0.4, 0.5) is 5.69 Å². The first-order valence-corrected chi connectivity index (χ1v) is 8.17. The molecule has 2 aromatic rings. The van der Waals surface area contributed by atoms with Gasteiger partial charge in [0.05, 0.1) is 16.4 Å². The number of halogens is 1. The fourth-order valence-corrected chi connectivity index (χ4v) is 3.00. The molecule has 1 saturated heterocycles. The van der Waals surface area contributed by atoms with Crippen LogP contribution in [0.3, 0.4) is 0 Å². The minimum atomic E-state index is 0.339. The fourth-order valence-electron chi connectivity index (χ4n) is 2.74. The van der Waals surface area contributed by atoms with Gasteiger partial charge in [-0.3, -0.25) is 4.90 Å². The summed E-state index contributed by atoms with van der Waals surface area (Å²) in [5.74, 6) is 1.16. The van der Waals surface area contributed by atoms with Gasteiger partial charge in [0, 0.05) is 38.6 Å². The first-order valence-electron chi connectivity index (χ1n) is 7.79. The lowest BCUT2D eigenvalue weighted by atomic mass is 10.2. The molecule has 1 aromatic heterocycles. The molecule has 3 rings (SSSR count). The number of nitrogens with zero attached hydrogens (tertiary/aromatic N) is 3. The summed E-state index contributed by atoms with van der Waals surface area (Å²) in [7, 11) is 0. The highest BCUT2D eigenvalue weighted by Crippen LogP contribution is 2.26. The zero-order chi connectivity index (χ0) is 15.5. The van der Waals surface area contributed by atoms with Gasteiger partial charge in [0.1, 0.15) is 6.26 Å². The van der Waals surface area contributed by atoms with Crippen molar-refractivity contribution >= 4 is 17.3 Å². The van der Waals surface area contributed by atoms with Gasteiger partial charge >= 0.3 is 0 Å². The van der Waals surface area contributed by atoms with E-state index in [-0.39, 0.29) is 0 Å². The maximum absolute atomic E-state index is 6.28. The molecule has 0 N–H and O–H groups in total. The summed E-state index contributed by atoms with van der Waals surface area (Å²) in [5, 5.41) is 0.828. The van der Waals surface area contributed by atoms with Crippen LogP contribution in [0.1, 0.15) is 31.4 Å². The number of hydrogen-bond acceptors (Lipinski definition) is 4. The van der Waals surface area contributed by atoms with Crippen molar-refractivity contribution in [2.24, 2.45) is 0 Å². The Balaban J connectivity index is 1.56. The molecule has 0 unspecified atom stereocenters. The Morgan fingerprint density at radius 2 is 1.91 bits per heavy atom. The molecule has 4 nitrogen and oxygen atoms in total. The Bertz CT molecular complexity index is 618. The van der Waals surface area contributed by atoms with Gasteiger partial charge < -0.3 is 9.32 Å². The third kappa shape index (κ3) is 3.45. The summed E-state index contributed by atoms with van der Waals surface area (Å²) in [5.41, 5.74) is 2.15. The third-order valence-electron chi connectivity index (χ3n) is 4.01. The van der Waals surface area contributed by atoms with Crippen LogP contribution in [-0.4, -0.2) is 36.1 Å². The van der Waals surface area contributed by atoms with Crippen molar-refractivity contribution in [2.75, 3.05) is 31.1 Å². The van der Waals surface area contributed by atoms with Crippen molar-refractivity contribution in [3.63, 3.8) is 0 Å². The van der Waals surface area contributed by atoms with E-state index in [1.54, 1.807) is 6.26 Å². The molecule has 1 aliphatic heterocycles. The van der Waals surface area contributed by atoms with Gasteiger partial charge in [-0.2, -0.15) is 0 Å². The first kappa shape index (κ1) is 15.4. The maximum atomic E-state index is 6.28. The lowest BCUT2D eigenvalue weighted by Crippen LogP contribution is -2.46. The Morgan fingerprint density at radius 1 is 1.18 bits per heavy atom. The standard InChI is InChI=1S/C17H22ClN3O/c1-13(2)17-19-14(12-22-17)11-20-7-9-21(10-8-20)16-6-4-3-5-15(16)18/h3-6,12-13H,7-11H2,1-2H3. The van der Waals surface area contributed by atoms with Crippen LogP contribution in [0.25, 0.3) is 0 Å². The Kier molecular flexibility index (Phi) is 4.69. The number of anilines is 1. The summed E-state index contributed by atoms with van der Waals surface area (Å²) in [6.07, 6.45) is 1.79. The van der Waals surface area contributed by atoms with E-state index in [1.165, 1.54) is 0 Å². The highest BCUT2D eigenvalue weighted by Gasteiger charge is 2.20. The van der Waals surface area contributed by atoms with Crippen molar-refractivity contribution in [1.29, 1.82) is 0 Å². The minimum Gasteiger partial charge on any atom is -0.448 e. The topological polar surface area (TPSA) is 32.5 Å². The van der Waals surface area contributed by atoms with Crippen LogP contribution < -0.4 is 4.90 Å².